The van der Waals surface area contributed by atoms with Crippen molar-refractivity contribution >= 4 is 5.78 Å². The fourth-order valence-corrected chi connectivity index (χ4v) is 4.44. The summed E-state index contributed by atoms with van der Waals surface area (Å²) in [4.78, 5) is 11.1. The zero-order valence-corrected chi connectivity index (χ0v) is 8.91. The molecule has 1 N–H and O–H groups in total. The van der Waals surface area contributed by atoms with Crippen molar-refractivity contribution in [1.29, 1.82) is 0 Å². The SMILES string of the molecule is O=C1C=C(NC2C3C4CCC(C4)C23)CC1. The molecule has 2 bridgehead atoms. The van der Waals surface area contributed by atoms with E-state index in [4.69, 9.17) is 0 Å². The highest BCUT2D eigenvalue weighted by atomic mass is 16.1. The van der Waals surface area contributed by atoms with Gasteiger partial charge in [-0.15, -0.1) is 0 Å². The maximum Gasteiger partial charge on any atom is 0.157 e. The Hall–Kier alpha value is -0.790. The molecule has 3 saturated carbocycles. The van der Waals surface area contributed by atoms with Crippen LogP contribution in [-0.4, -0.2) is 11.8 Å². The van der Waals surface area contributed by atoms with E-state index in [2.05, 4.69) is 5.32 Å². The van der Waals surface area contributed by atoms with Gasteiger partial charge < -0.3 is 5.32 Å². The number of hydrogen-bond acceptors (Lipinski definition) is 2. The van der Waals surface area contributed by atoms with E-state index in [0.29, 0.717) is 5.78 Å². The van der Waals surface area contributed by atoms with Crippen LogP contribution in [0.15, 0.2) is 11.8 Å². The highest BCUT2D eigenvalue weighted by molar-refractivity contribution is 5.92. The van der Waals surface area contributed by atoms with Crippen LogP contribution < -0.4 is 5.32 Å². The van der Waals surface area contributed by atoms with Gasteiger partial charge in [0.15, 0.2) is 5.78 Å². The van der Waals surface area contributed by atoms with Crippen LogP contribution in [0.25, 0.3) is 0 Å². The van der Waals surface area contributed by atoms with Crippen LogP contribution in [0.3, 0.4) is 0 Å². The number of carbonyl (C=O) groups is 1. The quantitative estimate of drug-likeness (QED) is 0.742. The molecule has 0 heterocycles. The van der Waals surface area contributed by atoms with Gasteiger partial charge in [0.2, 0.25) is 0 Å². The van der Waals surface area contributed by atoms with Crippen LogP contribution in [0.5, 0.6) is 0 Å². The van der Waals surface area contributed by atoms with E-state index in [1.807, 2.05) is 6.08 Å². The summed E-state index contributed by atoms with van der Waals surface area (Å²) in [6, 6.07) is 0.744. The Bertz CT molecular complexity index is 344. The predicted molar refractivity (Wildman–Crippen MR) is 57.1 cm³/mol. The number of allylic oxidation sites excluding steroid dienone is 2. The maximum atomic E-state index is 11.1. The van der Waals surface area contributed by atoms with Gasteiger partial charge in [-0.25, -0.2) is 0 Å². The van der Waals surface area contributed by atoms with Gasteiger partial charge in [0.1, 0.15) is 0 Å². The lowest BCUT2D eigenvalue weighted by Crippen LogP contribution is -2.21. The molecule has 0 aliphatic heterocycles. The summed E-state index contributed by atoms with van der Waals surface area (Å²) in [5.41, 5.74) is 1.22. The Morgan fingerprint density at radius 2 is 1.87 bits per heavy atom. The van der Waals surface area contributed by atoms with E-state index in [1.165, 1.54) is 25.0 Å². The van der Waals surface area contributed by atoms with E-state index in [1.54, 1.807) is 0 Å². The molecule has 4 atom stereocenters. The molecule has 2 nitrogen and oxygen atoms in total. The average Bonchev–Trinajstić information content (AvgIpc) is 2.62. The molecule has 0 aromatic heterocycles. The number of hydrogen-bond donors (Lipinski definition) is 1. The summed E-state index contributed by atoms with van der Waals surface area (Å²) in [7, 11) is 0. The normalized spacial score (nSPS) is 50.5. The van der Waals surface area contributed by atoms with Crippen molar-refractivity contribution in [3.05, 3.63) is 11.8 Å². The molecule has 4 rings (SSSR count). The summed E-state index contributed by atoms with van der Waals surface area (Å²) in [6.45, 7) is 0. The Morgan fingerprint density at radius 3 is 2.47 bits per heavy atom. The molecule has 0 aromatic rings. The van der Waals surface area contributed by atoms with Gasteiger partial charge in [-0.05, 0) is 49.4 Å². The smallest absolute Gasteiger partial charge is 0.157 e. The van der Waals surface area contributed by atoms with Crippen molar-refractivity contribution in [1.82, 2.24) is 5.32 Å². The van der Waals surface area contributed by atoms with Crippen molar-refractivity contribution in [3.63, 3.8) is 0 Å². The summed E-state index contributed by atoms with van der Waals surface area (Å²) in [6.07, 6.45) is 7.98. The number of nitrogens with one attached hydrogen (secondary N) is 1. The standard InChI is InChI=1S/C13H17NO/c15-10-4-3-9(6-10)14-13-11-7-1-2-8(5-7)12(11)13/h6-8,11-14H,1-5H2. The van der Waals surface area contributed by atoms with Crippen LogP contribution in [0.1, 0.15) is 32.1 Å². The third-order valence-electron chi connectivity index (χ3n) is 5.06. The fraction of sp³-hybridized carbons (Fsp3) is 0.769. The number of carbonyl (C=O) groups excluding carboxylic acids is 1. The van der Waals surface area contributed by atoms with Crippen molar-refractivity contribution in [2.45, 2.75) is 38.1 Å². The number of ketones is 1. The molecule has 0 aromatic carbocycles. The lowest BCUT2D eigenvalue weighted by molar-refractivity contribution is -0.114. The minimum atomic E-state index is 0.311. The van der Waals surface area contributed by atoms with E-state index >= 15 is 0 Å². The lowest BCUT2D eigenvalue weighted by atomic mass is 10.0. The van der Waals surface area contributed by atoms with E-state index in [9.17, 15) is 4.79 Å². The van der Waals surface area contributed by atoms with Crippen LogP contribution in [0, 0.1) is 23.7 Å². The molecule has 4 aliphatic rings. The number of rotatable bonds is 2. The Morgan fingerprint density at radius 1 is 1.13 bits per heavy atom. The second-order valence-corrected chi connectivity index (χ2v) is 5.79. The van der Waals surface area contributed by atoms with Gasteiger partial charge in [-0.3, -0.25) is 4.79 Å². The van der Waals surface area contributed by atoms with Crippen LogP contribution in [-0.2, 0) is 4.79 Å². The molecule has 15 heavy (non-hydrogen) atoms. The van der Waals surface area contributed by atoms with Crippen LogP contribution in [0.2, 0.25) is 0 Å². The molecule has 4 unspecified atom stereocenters. The van der Waals surface area contributed by atoms with Crippen molar-refractivity contribution in [3.8, 4) is 0 Å². The predicted octanol–water partition coefficient (Wildman–Crippen LogP) is 1.87. The molecular weight excluding hydrogens is 186 g/mol. The molecule has 4 aliphatic carbocycles. The van der Waals surface area contributed by atoms with E-state index in [-0.39, 0.29) is 0 Å². The lowest BCUT2D eigenvalue weighted by Gasteiger charge is -2.11. The van der Waals surface area contributed by atoms with Crippen LogP contribution >= 0.6 is 0 Å². The minimum Gasteiger partial charge on any atom is -0.385 e. The summed E-state index contributed by atoms with van der Waals surface area (Å²) in [5, 5.41) is 3.63. The molecule has 0 saturated heterocycles. The second-order valence-electron chi connectivity index (χ2n) is 5.79. The van der Waals surface area contributed by atoms with Crippen molar-refractivity contribution in [2.75, 3.05) is 0 Å². The van der Waals surface area contributed by atoms with Gasteiger partial charge >= 0.3 is 0 Å². The second kappa shape index (κ2) is 2.66. The Labute approximate surface area is 90.1 Å². The van der Waals surface area contributed by atoms with E-state index in [0.717, 1.165) is 42.6 Å². The molecular formula is C13H17NO. The Kier molecular flexibility index (Phi) is 1.48. The van der Waals surface area contributed by atoms with Crippen molar-refractivity contribution in [2.24, 2.45) is 23.7 Å². The monoisotopic (exact) mass is 203 g/mol. The molecule has 80 valence electrons. The maximum absolute atomic E-state index is 11.1. The largest absolute Gasteiger partial charge is 0.385 e. The molecule has 3 fully saturated rings. The first-order valence-electron chi connectivity index (χ1n) is 6.33. The first kappa shape index (κ1) is 8.37. The Balaban J connectivity index is 1.46. The third-order valence-corrected chi connectivity index (χ3v) is 5.06. The zero-order chi connectivity index (χ0) is 9.99. The highest BCUT2D eigenvalue weighted by Gasteiger charge is 2.65. The molecule has 0 amide bonds. The van der Waals surface area contributed by atoms with E-state index < -0.39 is 0 Å². The van der Waals surface area contributed by atoms with Crippen molar-refractivity contribution < 1.29 is 4.79 Å². The average molecular weight is 203 g/mol. The fourth-order valence-electron chi connectivity index (χ4n) is 4.44. The summed E-state index contributed by atoms with van der Waals surface area (Å²) in [5.74, 6) is 4.30. The first-order valence-corrected chi connectivity index (χ1v) is 6.33. The summed E-state index contributed by atoms with van der Waals surface area (Å²) >= 11 is 0. The van der Waals surface area contributed by atoms with Gasteiger partial charge in [-0.2, -0.15) is 0 Å². The minimum absolute atomic E-state index is 0.311. The molecule has 0 radical (unpaired) electrons. The summed E-state index contributed by atoms with van der Waals surface area (Å²) < 4.78 is 0. The van der Waals surface area contributed by atoms with Gasteiger partial charge in [0.25, 0.3) is 0 Å². The molecule has 2 heteroatoms. The van der Waals surface area contributed by atoms with Gasteiger partial charge in [-0.1, -0.05) is 0 Å². The van der Waals surface area contributed by atoms with Gasteiger partial charge in [0, 0.05) is 24.2 Å². The van der Waals surface area contributed by atoms with Gasteiger partial charge in [0.05, 0.1) is 0 Å². The highest BCUT2D eigenvalue weighted by Crippen LogP contribution is 2.65. The number of fused-ring (bicyclic) bond motifs is 5. The first-order chi connectivity index (χ1) is 7.33. The zero-order valence-electron chi connectivity index (χ0n) is 8.91. The topological polar surface area (TPSA) is 29.1 Å². The third kappa shape index (κ3) is 1.08. The van der Waals surface area contributed by atoms with Crippen LogP contribution in [0.4, 0.5) is 0 Å². The molecule has 0 spiro atoms.